The number of aliphatic carboxylic acids is 1. The quantitative estimate of drug-likeness (QED) is 0.393. The topological polar surface area (TPSA) is 113 Å². The van der Waals surface area contributed by atoms with Gasteiger partial charge in [0.25, 0.3) is 0 Å². The number of ether oxygens (including phenoxy) is 2. The summed E-state index contributed by atoms with van der Waals surface area (Å²) >= 11 is 0. The number of hydrogen-bond acceptors (Lipinski definition) is 5. The van der Waals surface area contributed by atoms with Crippen LogP contribution in [0.2, 0.25) is 0 Å². The molecule has 1 fully saturated rings. The maximum absolute atomic E-state index is 16.2. The van der Waals surface area contributed by atoms with Gasteiger partial charge < -0.3 is 19.1 Å². The van der Waals surface area contributed by atoms with Gasteiger partial charge in [-0.05, 0) is 30.2 Å². The van der Waals surface area contributed by atoms with Gasteiger partial charge in [0.05, 0.1) is 31.5 Å². The van der Waals surface area contributed by atoms with Crippen molar-refractivity contribution in [1.29, 1.82) is 5.26 Å². The van der Waals surface area contributed by atoms with Crippen LogP contribution in [-0.4, -0.2) is 45.7 Å². The van der Waals surface area contributed by atoms with Gasteiger partial charge >= 0.3 is 5.97 Å². The molecule has 5 rings (SSSR count). The molecule has 2 aromatic carbocycles. The molecule has 0 spiro atoms. The second-order valence-electron chi connectivity index (χ2n) is 9.65. The summed E-state index contributed by atoms with van der Waals surface area (Å²) in [6.45, 7) is 3.83. The highest BCUT2D eigenvalue weighted by Crippen LogP contribution is 2.47. The highest BCUT2D eigenvalue weighted by molar-refractivity contribution is 6.00. The fourth-order valence-electron chi connectivity index (χ4n) is 5.23. The predicted molar refractivity (Wildman–Crippen MR) is 127 cm³/mol. The number of nitrogens with zero attached hydrogens (tertiary/aromatic N) is 3. The lowest BCUT2D eigenvalue weighted by atomic mass is 9.79. The highest BCUT2D eigenvalue weighted by atomic mass is 19.1. The lowest BCUT2D eigenvalue weighted by molar-refractivity contribution is -0.147. The van der Waals surface area contributed by atoms with E-state index in [1.165, 1.54) is 25.4 Å². The van der Waals surface area contributed by atoms with E-state index in [0.717, 1.165) is 0 Å². The molecule has 36 heavy (non-hydrogen) atoms. The Kier molecular flexibility index (Phi) is 5.68. The number of aromatic amines is 1. The predicted octanol–water partition coefficient (Wildman–Crippen LogP) is 4.94. The number of carboxylic acid groups (broad SMARTS) is 1. The van der Waals surface area contributed by atoms with Crippen molar-refractivity contribution in [3.63, 3.8) is 0 Å². The van der Waals surface area contributed by atoms with Crippen LogP contribution in [0.15, 0.2) is 30.5 Å². The first-order chi connectivity index (χ1) is 17.2. The second kappa shape index (κ2) is 8.60. The largest absolute Gasteiger partial charge is 0.494 e. The molecule has 0 amide bonds. The first kappa shape index (κ1) is 23.8. The van der Waals surface area contributed by atoms with E-state index in [-0.39, 0.29) is 36.1 Å². The fourth-order valence-corrected chi connectivity index (χ4v) is 5.23. The van der Waals surface area contributed by atoms with Gasteiger partial charge in [-0.15, -0.1) is 0 Å². The van der Waals surface area contributed by atoms with Gasteiger partial charge in [-0.2, -0.15) is 10.4 Å². The maximum atomic E-state index is 16.2. The molecular weight excluding hydrogens is 470 g/mol. The summed E-state index contributed by atoms with van der Waals surface area (Å²) < 4.78 is 43.1. The highest BCUT2D eigenvalue weighted by Gasteiger charge is 2.40. The van der Waals surface area contributed by atoms with Crippen molar-refractivity contribution in [2.75, 3.05) is 13.7 Å². The second-order valence-corrected chi connectivity index (χ2v) is 9.65. The summed E-state index contributed by atoms with van der Waals surface area (Å²) in [4.78, 5) is 11.7. The standard InChI is InChI=1S/C26H24F2N4O4/c1-26(2,6-7-29)24-20(14-9-19(25(33)34)36-12-14)21-17(8-13-11-30-31-23(13)22(21)28)32(24)15-4-5-16(27)18(10-15)35-3/h4-5,8,10-11,14,19H,6,9,12H2,1-3H3,(H,30,31)(H,33,34)/t14-,19+/m0/s1. The summed E-state index contributed by atoms with van der Waals surface area (Å²) in [6, 6.07) is 8.36. The van der Waals surface area contributed by atoms with E-state index in [4.69, 9.17) is 9.47 Å². The zero-order chi connectivity index (χ0) is 25.8. The number of carboxylic acids is 1. The third kappa shape index (κ3) is 3.58. The number of nitrogens with one attached hydrogen (secondary N) is 1. The monoisotopic (exact) mass is 494 g/mol. The molecule has 4 aromatic rings. The van der Waals surface area contributed by atoms with Crippen LogP contribution >= 0.6 is 0 Å². The minimum atomic E-state index is -1.08. The van der Waals surface area contributed by atoms with E-state index >= 15 is 4.39 Å². The average Bonchev–Trinajstić information content (AvgIpc) is 3.57. The van der Waals surface area contributed by atoms with E-state index in [2.05, 4.69) is 16.3 Å². The van der Waals surface area contributed by atoms with Crippen LogP contribution < -0.4 is 4.74 Å². The van der Waals surface area contributed by atoms with Crippen LogP contribution in [-0.2, 0) is 14.9 Å². The zero-order valence-electron chi connectivity index (χ0n) is 19.9. The van der Waals surface area contributed by atoms with Gasteiger partial charge in [0.1, 0.15) is 5.52 Å². The van der Waals surface area contributed by atoms with E-state index in [1.807, 2.05) is 18.4 Å². The summed E-state index contributed by atoms with van der Waals surface area (Å²) in [7, 11) is 1.36. The number of methoxy groups -OCH3 is 1. The Morgan fingerprint density at radius 2 is 2.17 bits per heavy atom. The molecule has 1 saturated heterocycles. The molecule has 0 saturated carbocycles. The molecule has 0 aliphatic carbocycles. The summed E-state index contributed by atoms with van der Waals surface area (Å²) in [5.74, 6) is -2.60. The third-order valence-electron chi connectivity index (χ3n) is 6.88. The number of benzene rings is 2. The van der Waals surface area contributed by atoms with Crippen molar-refractivity contribution >= 4 is 27.8 Å². The van der Waals surface area contributed by atoms with Crippen molar-refractivity contribution in [2.45, 2.75) is 44.1 Å². The zero-order valence-corrected chi connectivity index (χ0v) is 19.9. The Balaban J connectivity index is 1.93. The molecule has 2 atom stereocenters. The molecule has 0 radical (unpaired) electrons. The maximum Gasteiger partial charge on any atom is 0.332 e. The number of rotatable bonds is 6. The van der Waals surface area contributed by atoms with E-state index in [9.17, 15) is 19.6 Å². The molecule has 186 valence electrons. The van der Waals surface area contributed by atoms with Crippen LogP contribution in [0.5, 0.6) is 5.75 Å². The molecule has 0 unspecified atom stereocenters. The van der Waals surface area contributed by atoms with Gasteiger partial charge in [0.15, 0.2) is 23.5 Å². The fraction of sp³-hybridized carbons (Fsp3) is 0.346. The Hall–Kier alpha value is -3.97. The van der Waals surface area contributed by atoms with Gasteiger partial charge in [-0.25, -0.2) is 13.6 Å². The van der Waals surface area contributed by atoms with Crippen LogP contribution in [0.25, 0.3) is 27.5 Å². The average molecular weight is 494 g/mol. The number of aromatic nitrogens is 3. The SMILES string of the molecule is COc1cc(-n2c(C(C)(C)CC#N)c([C@@H]3CO[C@@H](C(=O)O)C3)c3c(F)c4[nH]ncc4cc32)ccc1F. The van der Waals surface area contributed by atoms with Crippen LogP contribution in [0.4, 0.5) is 8.78 Å². The molecule has 2 N–H and O–H groups in total. The normalized spacial score (nSPS) is 18.1. The van der Waals surface area contributed by atoms with Crippen molar-refractivity contribution in [3.05, 3.63) is 53.4 Å². The minimum Gasteiger partial charge on any atom is -0.494 e. The molecule has 2 aromatic heterocycles. The first-order valence-electron chi connectivity index (χ1n) is 11.4. The number of carbonyl (C=O) groups is 1. The summed E-state index contributed by atoms with van der Waals surface area (Å²) in [5, 5.41) is 26.7. The number of H-pyrrole nitrogens is 1. The molecule has 1 aliphatic rings. The van der Waals surface area contributed by atoms with Crippen LogP contribution in [0.1, 0.15) is 43.9 Å². The molecule has 0 bridgehead atoms. The summed E-state index contributed by atoms with van der Waals surface area (Å²) in [6.07, 6.45) is 0.743. The van der Waals surface area contributed by atoms with E-state index < -0.39 is 35.0 Å². The molecule has 10 heteroatoms. The molecule has 8 nitrogen and oxygen atoms in total. The Bertz CT molecular complexity index is 1550. The Morgan fingerprint density at radius 1 is 1.39 bits per heavy atom. The van der Waals surface area contributed by atoms with Gasteiger partial charge in [-0.3, -0.25) is 5.10 Å². The Labute approximate surface area is 205 Å². The molecule has 1 aliphatic heterocycles. The lowest BCUT2D eigenvalue weighted by Crippen LogP contribution is -2.24. The van der Waals surface area contributed by atoms with Crippen molar-refractivity contribution < 1.29 is 28.2 Å². The molecular formula is C26H24F2N4O4. The van der Waals surface area contributed by atoms with E-state index in [1.54, 1.807) is 12.1 Å². The number of hydrogen-bond donors (Lipinski definition) is 2. The number of halogens is 2. The minimum absolute atomic E-state index is 0.0138. The van der Waals surface area contributed by atoms with Crippen molar-refractivity contribution in [2.24, 2.45) is 0 Å². The van der Waals surface area contributed by atoms with Crippen molar-refractivity contribution in [3.8, 4) is 17.5 Å². The third-order valence-corrected chi connectivity index (χ3v) is 6.88. The number of nitriles is 1. The van der Waals surface area contributed by atoms with E-state index in [0.29, 0.717) is 27.8 Å². The van der Waals surface area contributed by atoms with Crippen LogP contribution in [0, 0.1) is 23.0 Å². The van der Waals surface area contributed by atoms with Gasteiger partial charge in [0.2, 0.25) is 0 Å². The number of fused-ring (bicyclic) bond motifs is 2. The van der Waals surface area contributed by atoms with Crippen LogP contribution in [0.3, 0.4) is 0 Å². The summed E-state index contributed by atoms with van der Waals surface area (Å²) in [5.41, 5.74) is 1.64. The van der Waals surface area contributed by atoms with Gasteiger partial charge in [-0.1, -0.05) is 13.8 Å². The molecule has 3 heterocycles. The van der Waals surface area contributed by atoms with Crippen molar-refractivity contribution in [1.82, 2.24) is 14.8 Å². The first-order valence-corrected chi connectivity index (χ1v) is 11.4. The van der Waals surface area contributed by atoms with Gasteiger partial charge in [0, 0.05) is 46.0 Å². The smallest absolute Gasteiger partial charge is 0.332 e. The lowest BCUT2D eigenvalue weighted by Gasteiger charge is -2.28. The Morgan fingerprint density at radius 3 is 2.83 bits per heavy atom.